The number of H-pyrrole nitrogens is 1. The van der Waals surface area contributed by atoms with E-state index in [0.717, 1.165) is 28.5 Å². The standard InChI is InChI=1S/C20H20ClN5O2S/c1-11-4-9-16(12(2)10-11)22-19(28)24-18(27)13(3)29-20-23-17(25-26-20)14-5-7-15(21)8-6-14/h4-10,13H,1-3H3,(H,23,25,26)(H2,22,24,27,28). The molecule has 3 amide bonds. The van der Waals surface area contributed by atoms with Crippen LogP contribution in [0.15, 0.2) is 47.6 Å². The summed E-state index contributed by atoms with van der Waals surface area (Å²) in [6.45, 7) is 5.55. The van der Waals surface area contributed by atoms with Crippen molar-refractivity contribution in [2.24, 2.45) is 0 Å². The van der Waals surface area contributed by atoms with Crippen molar-refractivity contribution < 1.29 is 9.59 Å². The molecule has 1 unspecified atom stereocenters. The smallest absolute Gasteiger partial charge is 0.307 e. The number of halogens is 1. The lowest BCUT2D eigenvalue weighted by Gasteiger charge is -2.12. The lowest BCUT2D eigenvalue weighted by molar-refractivity contribution is -0.119. The molecule has 0 aliphatic rings. The van der Waals surface area contributed by atoms with E-state index in [0.29, 0.717) is 21.7 Å². The number of amides is 3. The van der Waals surface area contributed by atoms with E-state index < -0.39 is 17.2 Å². The molecule has 0 fully saturated rings. The van der Waals surface area contributed by atoms with E-state index in [1.807, 2.05) is 38.1 Å². The minimum Gasteiger partial charge on any atom is -0.307 e. The van der Waals surface area contributed by atoms with Crippen molar-refractivity contribution in [1.82, 2.24) is 20.5 Å². The Balaban J connectivity index is 1.56. The molecule has 1 aromatic heterocycles. The van der Waals surface area contributed by atoms with Gasteiger partial charge in [-0.2, -0.15) is 0 Å². The van der Waals surface area contributed by atoms with Gasteiger partial charge >= 0.3 is 6.03 Å². The lowest BCUT2D eigenvalue weighted by Crippen LogP contribution is -2.39. The van der Waals surface area contributed by atoms with Gasteiger partial charge in [-0.25, -0.2) is 9.78 Å². The van der Waals surface area contributed by atoms with Crippen LogP contribution in [-0.2, 0) is 4.79 Å². The van der Waals surface area contributed by atoms with Crippen molar-refractivity contribution >= 4 is 41.0 Å². The van der Waals surface area contributed by atoms with Crippen LogP contribution < -0.4 is 10.6 Å². The molecule has 0 spiro atoms. The molecule has 0 aliphatic heterocycles. The van der Waals surface area contributed by atoms with Gasteiger partial charge in [0.1, 0.15) is 0 Å². The van der Waals surface area contributed by atoms with Crippen molar-refractivity contribution in [3.8, 4) is 11.4 Å². The first-order valence-electron chi connectivity index (χ1n) is 8.86. The Morgan fingerprint density at radius 3 is 2.55 bits per heavy atom. The van der Waals surface area contributed by atoms with E-state index in [4.69, 9.17) is 11.6 Å². The Labute approximate surface area is 177 Å². The second-order valence-corrected chi connectivity index (χ2v) is 8.24. The first-order valence-corrected chi connectivity index (χ1v) is 10.1. The van der Waals surface area contributed by atoms with Crippen LogP contribution in [0.2, 0.25) is 5.02 Å². The average molecular weight is 430 g/mol. The number of urea groups is 1. The topological polar surface area (TPSA) is 99.8 Å². The third-order valence-corrected chi connectivity index (χ3v) is 5.31. The van der Waals surface area contributed by atoms with Gasteiger partial charge in [0, 0.05) is 16.3 Å². The van der Waals surface area contributed by atoms with E-state index in [-0.39, 0.29) is 0 Å². The monoisotopic (exact) mass is 429 g/mol. The fraction of sp³-hybridized carbons (Fsp3) is 0.200. The molecule has 29 heavy (non-hydrogen) atoms. The minimum atomic E-state index is -0.578. The van der Waals surface area contributed by atoms with E-state index in [2.05, 4.69) is 25.8 Å². The average Bonchev–Trinajstić information content (AvgIpc) is 3.13. The van der Waals surface area contributed by atoms with Crippen LogP contribution in [0.4, 0.5) is 10.5 Å². The SMILES string of the molecule is Cc1ccc(NC(=O)NC(=O)C(C)Sc2n[nH]c(-c3ccc(Cl)cc3)n2)c(C)c1. The second kappa shape index (κ2) is 9.11. The number of imide groups is 1. The first-order chi connectivity index (χ1) is 13.8. The lowest BCUT2D eigenvalue weighted by atomic mass is 10.1. The molecule has 3 N–H and O–H groups in total. The van der Waals surface area contributed by atoms with Gasteiger partial charge in [0.15, 0.2) is 5.82 Å². The Kier molecular flexibility index (Phi) is 6.56. The zero-order valence-corrected chi connectivity index (χ0v) is 17.7. The van der Waals surface area contributed by atoms with Crippen LogP contribution in [0.1, 0.15) is 18.1 Å². The quantitative estimate of drug-likeness (QED) is 0.516. The fourth-order valence-electron chi connectivity index (χ4n) is 2.57. The largest absolute Gasteiger partial charge is 0.325 e. The second-order valence-electron chi connectivity index (χ2n) is 6.50. The van der Waals surface area contributed by atoms with Crippen molar-refractivity contribution in [2.75, 3.05) is 5.32 Å². The number of aromatic nitrogens is 3. The molecule has 0 saturated heterocycles. The number of nitrogens with one attached hydrogen (secondary N) is 3. The minimum absolute atomic E-state index is 0.410. The zero-order valence-electron chi connectivity index (χ0n) is 16.1. The van der Waals surface area contributed by atoms with Crippen LogP contribution in [0.5, 0.6) is 0 Å². The maximum Gasteiger partial charge on any atom is 0.325 e. The molecule has 7 nitrogen and oxygen atoms in total. The molecule has 150 valence electrons. The van der Waals surface area contributed by atoms with Gasteiger partial charge in [0.2, 0.25) is 11.1 Å². The molecule has 3 aromatic rings. The summed E-state index contributed by atoms with van der Waals surface area (Å²) in [5, 5.41) is 12.5. The summed E-state index contributed by atoms with van der Waals surface area (Å²) in [5.41, 5.74) is 3.51. The number of carbonyl (C=O) groups excluding carboxylic acids is 2. The maximum atomic E-state index is 12.3. The summed E-state index contributed by atoms with van der Waals surface area (Å²) in [4.78, 5) is 28.8. The Morgan fingerprint density at radius 2 is 1.86 bits per heavy atom. The van der Waals surface area contributed by atoms with Gasteiger partial charge in [-0.05, 0) is 56.7 Å². The Morgan fingerprint density at radius 1 is 1.14 bits per heavy atom. The van der Waals surface area contributed by atoms with Gasteiger partial charge in [0.05, 0.1) is 5.25 Å². The van der Waals surface area contributed by atoms with Gasteiger partial charge < -0.3 is 5.32 Å². The van der Waals surface area contributed by atoms with Crippen LogP contribution >= 0.6 is 23.4 Å². The van der Waals surface area contributed by atoms with Crippen molar-refractivity contribution in [1.29, 1.82) is 0 Å². The molecule has 0 aliphatic carbocycles. The highest BCUT2D eigenvalue weighted by atomic mass is 35.5. The third kappa shape index (κ3) is 5.58. The number of rotatable bonds is 5. The number of hydrogen-bond donors (Lipinski definition) is 3. The first kappa shape index (κ1) is 20.9. The number of hydrogen-bond acceptors (Lipinski definition) is 5. The number of aromatic amines is 1. The molecular formula is C20H20ClN5O2S. The van der Waals surface area contributed by atoms with Gasteiger partial charge in [-0.15, -0.1) is 5.10 Å². The number of nitrogens with zero attached hydrogens (tertiary/aromatic N) is 2. The summed E-state index contributed by atoms with van der Waals surface area (Å²) in [7, 11) is 0. The summed E-state index contributed by atoms with van der Waals surface area (Å²) >= 11 is 7.04. The normalized spacial score (nSPS) is 11.7. The van der Waals surface area contributed by atoms with Gasteiger partial charge in [-0.3, -0.25) is 15.2 Å². The zero-order chi connectivity index (χ0) is 21.0. The molecule has 3 rings (SSSR count). The number of aryl methyl sites for hydroxylation is 2. The van der Waals surface area contributed by atoms with Crippen molar-refractivity contribution in [3.63, 3.8) is 0 Å². The Hall–Kier alpha value is -2.84. The number of carbonyl (C=O) groups is 2. The predicted octanol–water partition coefficient (Wildman–Crippen LogP) is 4.57. The van der Waals surface area contributed by atoms with Crippen LogP contribution in [0.3, 0.4) is 0 Å². The highest BCUT2D eigenvalue weighted by molar-refractivity contribution is 8.00. The molecule has 0 bridgehead atoms. The highest BCUT2D eigenvalue weighted by Crippen LogP contribution is 2.23. The molecule has 0 radical (unpaired) electrons. The number of thioether (sulfide) groups is 1. The summed E-state index contributed by atoms with van der Waals surface area (Å²) in [6.07, 6.45) is 0. The van der Waals surface area contributed by atoms with E-state index >= 15 is 0 Å². The molecule has 0 saturated carbocycles. The summed E-state index contributed by atoms with van der Waals surface area (Å²) < 4.78 is 0. The highest BCUT2D eigenvalue weighted by Gasteiger charge is 2.20. The van der Waals surface area contributed by atoms with Gasteiger partial charge in [0.25, 0.3) is 0 Å². The van der Waals surface area contributed by atoms with Crippen LogP contribution in [-0.4, -0.2) is 32.4 Å². The number of benzene rings is 2. The molecular weight excluding hydrogens is 410 g/mol. The van der Waals surface area contributed by atoms with Crippen LogP contribution in [0, 0.1) is 13.8 Å². The third-order valence-electron chi connectivity index (χ3n) is 4.10. The molecule has 9 heteroatoms. The molecule has 1 heterocycles. The maximum absolute atomic E-state index is 12.3. The molecule has 1 atom stereocenters. The van der Waals surface area contributed by atoms with E-state index in [1.54, 1.807) is 25.1 Å². The van der Waals surface area contributed by atoms with Crippen molar-refractivity contribution in [3.05, 3.63) is 58.6 Å². The van der Waals surface area contributed by atoms with E-state index in [9.17, 15) is 9.59 Å². The van der Waals surface area contributed by atoms with E-state index in [1.165, 1.54) is 0 Å². The predicted molar refractivity (Wildman–Crippen MR) is 115 cm³/mol. The Bertz CT molecular complexity index is 1040. The fourth-order valence-corrected chi connectivity index (χ4v) is 3.42. The van der Waals surface area contributed by atoms with Gasteiger partial charge in [-0.1, -0.05) is 41.1 Å². The molecule has 2 aromatic carbocycles. The summed E-state index contributed by atoms with van der Waals surface area (Å²) in [5.74, 6) is 0.138. The summed E-state index contributed by atoms with van der Waals surface area (Å²) in [6, 6.07) is 12.2. The van der Waals surface area contributed by atoms with Crippen molar-refractivity contribution in [2.45, 2.75) is 31.2 Å². The number of anilines is 1. The van der Waals surface area contributed by atoms with Crippen LogP contribution in [0.25, 0.3) is 11.4 Å².